The number of hydrogen-bond donors (Lipinski definition) is 0. The summed E-state index contributed by atoms with van der Waals surface area (Å²) >= 11 is 0. The van der Waals surface area contributed by atoms with Gasteiger partial charge in [0.25, 0.3) is 0 Å². The van der Waals surface area contributed by atoms with Crippen molar-refractivity contribution < 1.29 is 0 Å². The van der Waals surface area contributed by atoms with E-state index >= 15 is 0 Å². The van der Waals surface area contributed by atoms with E-state index < -0.39 is 0 Å². The van der Waals surface area contributed by atoms with Crippen molar-refractivity contribution in [3.8, 4) is 40.3 Å². The van der Waals surface area contributed by atoms with Gasteiger partial charge in [-0.05, 0) is 90.0 Å². The van der Waals surface area contributed by atoms with Crippen LogP contribution in [0.25, 0.3) is 93.6 Å². The number of nitriles is 2. The lowest BCUT2D eigenvalue weighted by molar-refractivity contribution is 1.15. The maximum Gasteiger partial charge on any atom is 0.0998 e. The van der Waals surface area contributed by atoms with E-state index in [4.69, 9.17) is 0 Å². The first kappa shape index (κ1) is 30.7. The van der Waals surface area contributed by atoms with Gasteiger partial charge in [0.15, 0.2) is 0 Å². The van der Waals surface area contributed by atoms with Crippen LogP contribution in [0.2, 0.25) is 0 Å². The Balaban J connectivity index is 1.08. The van der Waals surface area contributed by atoms with Crippen LogP contribution in [-0.2, 0) is 0 Å². The summed E-state index contributed by atoms with van der Waals surface area (Å²) in [5.74, 6) is 0. The molecule has 0 N–H and O–H groups in total. The molecule has 0 radical (unpaired) electrons. The number of aromatic nitrogens is 3. The van der Waals surface area contributed by atoms with Gasteiger partial charge in [0.05, 0.1) is 56.4 Å². The van der Waals surface area contributed by atoms with Crippen LogP contribution in [-0.4, -0.2) is 13.7 Å². The van der Waals surface area contributed by atoms with Crippen molar-refractivity contribution in [1.29, 1.82) is 10.5 Å². The van der Waals surface area contributed by atoms with E-state index in [0.29, 0.717) is 11.1 Å². The Labute approximate surface area is 316 Å². The van der Waals surface area contributed by atoms with Crippen LogP contribution >= 0.6 is 0 Å². The molecule has 55 heavy (non-hydrogen) atoms. The van der Waals surface area contributed by atoms with Crippen molar-refractivity contribution >= 4 is 65.4 Å². The second kappa shape index (κ2) is 11.8. The summed E-state index contributed by atoms with van der Waals surface area (Å²) in [6.45, 7) is 0. The van der Waals surface area contributed by atoms with E-state index in [1.165, 1.54) is 32.6 Å². The van der Waals surface area contributed by atoms with Gasteiger partial charge in [0, 0.05) is 49.4 Å². The lowest BCUT2D eigenvalue weighted by Crippen LogP contribution is -1.98. The summed E-state index contributed by atoms with van der Waals surface area (Å²) in [4.78, 5) is 0. The van der Waals surface area contributed by atoms with Crippen LogP contribution in [0.5, 0.6) is 0 Å². The number of hydrogen-bond acceptors (Lipinski definition) is 2. The number of benzene rings is 8. The number of rotatable bonds is 4. The SMILES string of the molecule is N#Cc1ccc2c(c1)c1ccccc1n2-c1ccc(-c2cccc(-n3c4ccccc4c4ccc(-n5c6ccccc6c6ccccc65)cc43)c2)c(C#N)c1. The summed E-state index contributed by atoms with van der Waals surface area (Å²) < 4.78 is 6.89. The summed E-state index contributed by atoms with van der Waals surface area (Å²) in [5, 5.41) is 27.1. The largest absolute Gasteiger partial charge is 0.309 e. The van der Waals surface area contributed by atoms with Gasteiger partial charge in [0.2, 0.25) is 0 Å². The zero-order chi connectivity index (χ0) is 36.6. The zero-order valence-electron chi connectivity index (χ0n) is 29.5. The topological polar surface area (TPSA) is 62.4 Å². The quantitative estimate of drug-likeness (QED) is 0.184. The van der Waals surface area contributed by atoms with Crippen LogP contribution in [0.3, 0.4) is 0 Å². The molecule has 3 heterocycles. The molecule has 0 fully saturated rings. The molecule has 8 aromatic carbocycles. The second-order valence-electron chi connectivity index (χ2n) is 14.0. The molecule has 11 rings (SSSR count). The van der Waals surface area contributed by atoms with E-state index in [0.717, 1.165) is 61.0 Å². The third-order valence-corrected chi connectivity index (χ3v) is 11.1. The Morgan fingerprint density at radius 2 is 0.818 bits per heavy atom. The molecule has 0 saturated heterocycles. The first-order valence-electron chi connectivity index (χ1n) is 18.3. The van der Waals surface area contributed by atoms with Crippen molar-refractivity contribution in [2.24, 2.45) is 0 Å². The minimum absolute atomic E-state index is 0.588. The van der Waals surface area contributed by atoms with Crippen LogP contribution in [0, 0.1) is 22.7 Å². The highest BCUT2D eigenvalue weighted by atomic mass is 15.0. The molecule has 0 aliphatic carbocycles. The minimum atomic E-state index is 0.588. The Morgan fingerprint density at radius 3 is 1.42 bits per heavy atom. The number of nitrogens with zero attached hydrogens (tertiary/aromatic N) is 5. The van der Waals surface area contributed by atoms with Crippen LogP contribution in [0.1, 0.15) is 11.1 Å². The van der Waals surface area contributed by atoms with Gasteiger partial charge in [-0.3, -0.25) is 0 Å². The fourth-order valence-corrected chi connectivity index (χ4v) is 8.73. The zero-order valence-corrected chi connectivity index (χ0v) is 29.5. The molecule has 3 aromatic heterocycles. The molecule has 5 nitrogen and oxygen atoms in total. The smallest absolute Gasteiger partial charge is 0.0998 e. The molecular weight excluding hydrogens is 671 g/mol. The third-order valence-electron chi connectivity index (χ3n) is 11.1. The fraction of sp³-hybridized carbons (Fsp3) is 0. The fourth-order valence-electron chi connectivity index (χ4n) is 8.73. The Kier molecular flexibility index (Phi) is 6.61. The van der Waals surface area contributed by atoms with E-state index in [9.17, 15) is 10.5 Å². The predicted octanol–water partition coefficient (Wildman–Crippen LogP) is 12.4. The van der Waals surface area contributed by atoms with E-state index in [-0.39, 0.29) is 0 Å². The highest BCUT2D eigenvalue weighted by molar-refractivity contribution is 6.12. The van der Waals surface area contributed by atoms with Crippen molar-refractivity contribution in [2.45, 2.75) is 0 Å². The van der Waals surface area contributed by atoms with Gasteiger partial charge in [-0.25, -0.2) is 0 Å². The highest BCUT2D eigenvalue weighted by Gasteiger charge is 2.18. The van der Waals surface area contributed by atoms with E-state index in [1.807, 2.05) is 36.4 Å². The first-order valence-corrected chi connectivity index (χ1v) is 18.3. The molecule has 254 valence electrons. The standard InChI is InChI=1S/C50H29N5/c51-30-32-20-25-49-44(26-32)42-15-4-8-19-48(42)53(49)36-21-23-38(34(28-36)31-52)33-10-9-11-35(27-33)55-47-18-7-3-14-41(47)43-24-22-37(29-50(43)55)54-45-16-5-1-12-39(45)40-13-2-6-17-46(40)54/h1-29H. The molecule has 0 saturated carbocycles. The second-order valence-corrected chi connectivity index (χ2v) is 14.0. The lowest BCUT2D eigenvalue weighted by Gasteiger charge is -2.14. The Bertz CT molecular complexity index is 3420. The maximum absolute atomic E-state index is 10.6. The Morgan fingerprint density at radius 1 is 0.327 bits per heavy atom. The highest BCUT2D eigenvalue weighted by Crippen LogP contribution is 2.39. The van der Waals surface area contributed by atoms with E-state index in [1.54, 1.807) is 0 Å². The molecular formula is C50H29N5. The summed E-state index contributed by atoms with van der Waals surface area (Å²) in [6.07, 6.45) is 0. The summed E-state index contributed by atoms with van der Waals surface area (Å²) in [6, 6.07) is 66.0. The monoisotopic (exact) mass is 699 g/mol. The first-order chi connectivity index (χ1) is 27.2. The molecule has 0 amide bonds. The third kappa shape index (κ3) is 4.51. The van der Waals surface area contributed by atoms with E-state index in [2.05, 4.69) is 165 Å². The molecule has 0 unspecified atom stereocenters. The minimum Gasteiger partial charge on any atom is -0.309 e. The van der Waals surface area contributed by atoms with Gasteiger partial charge in [-0.2, -0.15) is 10.5 Å². The van der Waals surface area contributed by atoms with Gasteiger partial charge in [0.1, 0.15) is 0 Å². The van der Waals surface area contributed by atoms with Crippen molar-refractivity contribution in [2.75, 3.05) is 0 Å². The molecule has 0 bridgehead atoms. The van der Waals surface area contributed by atoms with Crippen molar-refractivity contribution in [3.05, 3.63) is 187 Å². The average molecular weight is 700 g/mol. The molecule has 0 atom stereocenters. The molecule has 0 aliphatic heterocycles. The Hall–Kier alpha value is -7.86. The molecule has 11 aromatic rings. The van der Waals surface area contributed by atoms with Crippen LogP contribution < -0.4 is 0 Å². The number of fused-ring (bicyclic) bond motifs is 9. The molecule has 0 aliphatic rings. The van der Waals surface area contributed by atoms with Gasteiger partial charge < -0.3 is 13.7 Å². The van der Waals surface area contributed by atoms with Gasteiger partial charge in [-0.15, -0.1) is 0 Å². The summed E-state index contributed by atoms with van der Waals surface area (Å²) in [7, 11) is 0. The van der Waals surface area contributed by atoms with Crippen LogP contribution in [0.4, 0.5) is 0 Å². The molecule has 5 heteroatoms. The van der Waals surface area contributed by atoms with Crippen molar-refractivity contribution in [1.82, 2.24) is 13.7 Å². The number of para-hydroxylation sites is 4. The normalized spacial score (nSPS) is 11.6. The average Bonchev–Trinajstić information content (AvgIpc) is 3.88. The van der Waals surface area contributed by atoms with Crippen molar-refractivity contribution in [3.63, 3.8) is 0 Å². The summed E-state index contributed by atoms with van der Waals surface area (Å²) in [5.41, 5.74) is 12.7. The molecule has 0 spiro atoms. The van der Waals surface area contributed by atoms with Crippen LogP contribution in [0.15, 0.2) is 176 Å². The maximum atomic E-state index is 10.6. The lowest BCUT2D eigenvalue weighted by atomic mass is 9.99. The van der Waals surface area contributed by atoms with Gasteiger partial charge in [-0.1, -0.05) is 97.1 Å². The van der Waals surface area contributed by atoms with Gasteiger partial charge >= 0.3 is 0 Å². The predicted molar refractivity (Wildman–Crippen MR) is 224 cm³/mol.